The number of hydrogen-bond donors (Lipinski definition) is 1. The van der Waals surface area contributed by atoms with Gasteiger partial charge in [0.25, 0.3) is 5.56 Å². The standard InChI is InChI=1S/C21H21N3O2S2/c1-5-24-20(26)17-11(2)12(3)27-19(17)23-21(24)28-13(4)18(25)15-10-22-16-9-7-6-8-14(15)16/h6-10,13,22H,5H2,1-4H3/t13-/m1/s1. The van der Waals surface area contributed by atoms with Gasteiger partial charge in [0.2, 0.25) is 0 Å². The number of carbonyl (C=O) groups excluding carboxylic acids is 1. The predicted octanol–water partition coefficient (Wildman–Crippen LogP) is 4.94. The number of thioether (sulfide) groups is 1. The summed E-state index contributed by atoms with van der Waals surface area (Å²) in [6.45, 7) is 8.29. The van der Waals surface area contributed by atoms with E-state index in [9.17, 15) is 9.59 Å². The minimum atomic E-state index is -0.358. The monoisotopic (exact) mass is 411 g/mol. The topological polar surface area (TPSA) is 67.8 Å². The maximum atomic E-state index is 13.1. The van der Waals surface area contributed by atoms with Gasteiger partial charge in [-0.3, -0.25) is 14.2 Å². The van der Waals surface area contributed by atoms with Gasteiger partial charge >= 0.3 is 0 Å². The number of nitrogens with one attached hydrogen (secondary N) is 1. The second-order valence-electron chi connectivity index (χ2n) is 6.78. The minimum Gasteiger partial charge on any atom is -0.360 e. The molecule has 144 valence electrons. The number of nitrogens with zero attached hydrogens (tertiary/aromatic N) is 2. The molecule has 3 heterocycles. The highest BCUT2D eigenvalue weighted by molar-refractivity contribution is 8.00. The fourth-order valence-electron chi connectivity index (χ4n) is 3.38. The Morgan fingerprint density at radius 1 is 1.32 bits per heavy atom. The third-order valence-corrected chi connectivity index (χ3v) is 7.27. The van der Waals surface area contributed by atoms with Crippen LogP contribution in [0.25, 0.3) is 21.1 Å². The molecule has 4 rings (SSSR count). The van der Waals surface area contributed by atoms with Crippen molar-refractivity contribution in [1.82, 2.24) is 14.5 Å². The smallest absolute Gasteiger partial charge is 0.263 e. The van der Waals surface area contributed by atoms with Crippen molar-refractivity contribution in [3.05, 3.63) is 56.8 Å². The van der Waals surface area contributed by atoms with Gasteiger partial charge in [-0.15, -0.1) is 11.3 Å². The maximum absolute atomic E-state index is 13.1. The molecule has 0 radical (unpaired) electrons. The molecule has 0 spiro atoms. The van der Waals surface area contributed by atoms with E-state index in [1.54, 1.807) is 10.8 Å². The Hall–Kier alpha value is -2.38. The van der Waals surface area contributed by atoms with Gasteiger partial charge in [-0.05, 0) is 39.3 Å². The summed E-state index contributed by atoms with van der Waals surface area (Å²) in [7, 11) is 0. The number of H-pyrrole nitrogens is 1. The van der Waals surface area contributed by atoms with Gasteiger partial charge in [0, 0.05) is 34.1 Å². The SMILES string of the molecule is CCn1c(S[C@H](C)C(=O)c2c[nH]c3ccccc23)nc2sc(C)c(C)c2c1=O. The van der Waals surface area contributed by atoms with Crippen molar-refractivity contribution in [3.63, 3.8) is 0 Å². The van der Waals surface area contributed by atoms with E-state index in [0.29, 0.717) is 22.7 Å². The largest absolute Gasteiger partial charge is 0.360 e. The Labute approximate surface area is 170 Å². The number of carbonyl (C=O) groups is 1. The highest BCUT2D eigenvalue weighted by atomic mass is 32.2. The van der Waals surface area contributed by atoms with E-state index in [-0.39, 0.29) is 16.6 Å². The molecule has 0 fully saturated rings. The maximum Gasteiger partial charge on any atom is 0.263 e. The van der Waals surface area contributed by atoms with Gasteiger partial charge < -0.3 is 4.98 Å². The first kappa shape index (κ1) is 19.0. The molecule has 0 aliphatic carbocycles. The molecule has 1 atom stereocenters. The molecular weight excluding hydrogens is 390 g/mol. The Morgan fingerprint density at radius 3 is 2.82 bits per heavy atom. The third kappa shape index (κ3) is 2.99. The van der Waals surface area contributed by atoms with Crippen molar-refractivity contribution in [2.24, 2.45) is 0 Å². The van der Waals surface area contributed by atoms with E-state index in [1.165, 1.54) is 23.1 Å². The Bertz CT molecular complexity index is 1270. The van der Waals surface area contributed by atoms with Crippen LogP contribution < -0.4 is 5.56 Å². The second-order valence-corrected chi connectivity index (χ2v) is 9.29. The van der Waals surface area contributed by atoms with Crippen LogP contribution in [0.5, 0.6) is 0 Å². The van der Waals surface area contributed by atoms with Crippen LogP contribution in [0.3, 0.4) is 0 Å². The third-order valence-electron chi connectivity index (χ3n) is 5.08. The van der Waals surface area contributed by atoms with Crippen molar-refractivity contribution >= 4 is 50.0 Å². The normalized spacial score (nSPS) is 12.7. The molecule has 0 bridgehead atoms. The summed E-state index contributed by atoms with van der Waals surface area (Å²) < 4.78 is 1.67. The van der Waals surface area contributed by atoms with E-state index in [0.717, 1.165) is 26.2 Å². The molecule has 1 aromatic carbocycles. The Balaban J connectivity index is 1.73. The predicted molar refractivity (Wildman–Crippen MR) is 117 cm³/mol. The zero-order chi connectivity index (χ0) is 20.0. The van der Waals surface area contributed by atoms with Crippen LogP contribution in [0.4, 0.5) is 0 Å². The average Bonchev–Trinajstić information content (AvgIpc) is 3.22. The molecule has 5 nitrogen and oxygen atoms in total. The van der Waals surface area contributed by atoms with Gasteiger partial charge in [0.15, 0.2) is 10.9 Å². The summed E-state index contributed by atoms with van der Waals surface area (Å²) in [5.41, 5.74) is 2.59. The molecule has 0 aliphatic rings. The molecule has 28 heavy (non-hydrogen) atoms. The van der Waals surface area contributed by atoms with Crippen LogP contribution in [0.15, 0.2) is 40.4 Å². The van der Waals surface area contributed by atoms with Crippen molar-refractivity contribution in [3.8, 4) is 0 Å². The summed E-state index contributed by atoms with van der Waals surface area (Å²) >= 11 is 2.88. The molecule has 4 aromatic rings. The van der Waals surface area contributed by atoms with Gasteiger partial charge in [-0.25, -0.2) is 4.98 Å². The Kier molecular flexibility index (Phi) is 4.89. The Morgan fingerprint density at radius 2 is 2.07 bits per heavy atom. The number of aryl methyl sites for hydroxylation is 2. The molecule has 0 aliphatic heterocycles. The molecule has 7 heteroatoms. The van der Waals surface area contributed by atoms with E-state index < -0.39 is 0 Å². The molecule has 1 N–H and O–H groups in total. The number of para-hydroxylation sites is 1. The van der Waals surface area contributed by atoms with E-state index in [1.807, 2.05) is 52.0 Å². The number of Topliss-reactive ketones (excluding diaryl/α,β-unsaturated/α-hetero) is 1. The van der Waals surface area contributed by atoms with Crippen molar-refractivity contribution in [2.45, 2.75) is 44.6 Å². The average molecular weight is 412 g/mol. The zero-order valence-corrected chi connectivity index (χ0v) is 17.8. The van der Waals surface area contributed by atoms with Gasteiger partial charge in [-0.2, -0.15) is 0 Å². The number of benzene rings is 1. The highest BCUT2D eigenvalue weighted by Gasteiger charge is 2.23. The number of hydrogen-bond acceptors (Lipinski definition) is 5. The van der Waals surface area contributed by atoms with Gasteiger partial charge in [0.05, 0.1) is 10.6 Å². The lowest BCUT2D eigenvalue weighted by atomic mass is 10.1. The lowest BCUT2D eigenvalue weighted by molar-refractivity contribution is 0.0995. The quantitative estimate of drug-likeness (QED) is 0.287. The lowest BCUT2D eigenvalue weighted by Crippen LogP contribution is -2.24. The van der Waals surface area contributed by atoms with Crippen molar-refractivity contribution in [1.29, 1.82) is 0 Å². The lowest BCUT2D eigenvalue weighted by Gasteiger charge is -2.14. The second kappa shape index (κ2) is 7.22. The number of fused-ring (bicyclic) bond motifs is 2. The summed E-state index contributed by atoms with van der Waals surface area (Å²) in [4.78, 5) is 35.8. The molecule has 0 saturated heterocycles. The number of thiophene rings is 1. The van der Waals surface area contributed by atoms with Crippen LogP contribution in [-0.4, -0.2) is 25.6 Å². The number of aromatic amines is 1. The highest BCUT2D eigenvalue weighted by Crippen LogP contribution is 2.31. The molecule has 0 saturated carbocycles. The number of rotatable bonds is 5. The summed E-state index contributed by atoms with van der Waals surface area (Å²) in [6.07, 6.45) is 1.76. The van der Waals surface area contributed by atoms with E-state index in [2.05, 4.69) is 4.98 Å². The van der Waals surface area contributed by atoms with E-state index >= 15 is 0 Å². The number of ketones is 1. The first-order chi connectivity index (χ1) is 13.4. The van der Waals surface area contributed by atoms with Gasteiger partial charge in [-0.1, -0.05) is 30.0 Å². The first-order valence-corrected chi connectivity index (χ1v) is 10.9. The minimum absolute atomic E-state index is 0.0245. The van der Waals surface area contributed by atoms with Crippen LogP contribution in [0.1, 0.15) is 34.6 Å². The zero-order valence-electron chi connectivity index (χ0n) is 16.2. The molecule has 3 aromatic heterocycles. The fourth-order valence-corrected chi connectivity index (χ4v) is 5.49. The van der Waals surface area contributed by atoms with E-state index in [4.69, 9.17) is 4.98 Å². The fraction of sp³-hybridized carbons (Fsp3) is 0.286. The summed E-state index contributed by atoms with van der Waals surface area (Å²) in [5.74, 6) is 0.0259. The van der Waals surface area contributed by atoms with Crippen LogP contribution in [-0.2, 0) is 6.54 Å². The molecule has 0 unspecified atom stereocenters. The summed E-state index contributed by atoms with van der Waals surface area (Å²) in [6, 6.07) is 7.77. The number of aromatic nitrogens is 3. The van der Waals surface area contributed by atoms with Crippen LogP contribution in [0, 0.1) is 13.8 Å². The molecular formula is C21H21N3O2S2. The summed E-state index contributed by atoms with van der Waals surface area (Å²) in [5, 5.41) is 1.86. The molecule has 0 amide bonds. The van der Waals surface area contributed by atoms with Crippen LogP contribution >= 0.6 is 23.1 Å². The van der Waals surface area contributed by atoms with Crippen molar-refractivity contribution < 1.29 is 4.79 Å². The first-order valence-electron chi connectivity index (χ1n) is 9.19. The van der Waals surface area contributed by atoms with Crippen LogP contribution in [0.2, 0.25) is 0 Å². The van der Waals surface area contributed by atoms with Crippen molar-refractivity contribution in [2.75, 3.05) is 0 Å². The van der Waals surface area contributed by atoms with Gasteiger partial charge in [0.1, 0.15) is 4.83 Å².